The molecule has 1 rings (SSSR count). The fraction of sp³-hybridized carbons (Fsp3) is 0.833. The van der Waals surface area contributed by atoms with E-state index in [1.807, 2.05) is 0 Å². The lowest BCUT2D eigenvalue weighted by Gasteiger charge is -2.37. The number of rotatable bonds is 5. The maximum Gasteiger partial charge on any atom is 0.334 e. The van der Waals surface area contributed by atoms with Crippen molar-refractivity contribution in [1.82, 2.24) is 15.1 Å². The molecular weight excluding hydrogens is 266 g/mol. The molecule has 1 aliphatic heterocycles. The van der Waals surface area contributed by atoms with E-state index in [-0.39, 0.29) is 12.6 Å². The summed E-state index contributed by atoms with van der Waals surface area (Å²) in [6.45, 7) is 6.02. The summed E-state index contributed by atoms with van der Waals surface area (Å²) in [7, 11) is 0. The SMILES string of the molecule is CC(C)(O)CN1CCN(C(=O)NC[C@H](O)C(=O)O)CC1. The largest absolute Gasteiger partial charge is 0.479 e. The molecule has 0 saturated carbocycles. The number of carbonyl (C=O) groups is 2. The molecule has 1 fully saturated rings. The molecule has 1 heterocycles. The third kappa shape index (κ3) is 5.72. The number of carboxylic acid groups (broad SMARTS) is 1. The number of hydrogen-bond donors (Lipinski definition) is 4. The van der Waals surface area contributed by atoms with Crippen molar-refractivity contribution in [3.8, 4) is 0 Å². The first-order chi connectivity index (χ1) is 9.19. The summed E-state index contributed by atoms with van der Waals surface area (Å²) in [6.07, 6.45) is -1.59. The molecular formula is C12H23N3O5. The van der Waals surface area contributed by atoms with Crippen molar-refractivity contribution in [1.29, 1.82) is 0 Å². The number of β-amino-alcohol motifs (C(OH)–C–C–N with tert-alkyl or cyclic N) is 1. The van der Waals surface area contributed by atoms with E-state index in [9.17, 15) is 14.7 Å². The molecule has 0 aliphatic carbocycles. The Morgan fingerprint density at radius 3 is 2.25 bits per heavy atom. The van der Waals surface area contributed by atoms with Crippen LogP contribution in [0.4, 0.5) is 4.79 Å². The highest BCUT2D eigenvalue weighted by Gasteiger charge is 2.25. The zero-order valence-electron chi connectivity index (χ0n) is 11.9. The minimum atomic E-state index is -1.59. The van der Waals surface area contributed by atoms with Crippen LogP contribution in [0.25, 0.3) is 0 Å². The van der Waals surface area contributed by atoms with Gasteiger partial charge in [0.2, 0.25) is 0 Å². The Labute approximate surface area is 118 Å². The van der Waals surface area contributed by atoms with E-state index in [1.165, 1.54) is 0 Å². The summed E-state index contributed by atoms with van der Waals surface area (Å²) in [5, 5.41) is 29.7. The second-order valence-corrected chi connectivity index (χ2v) is 5.62. The van der Waals surface area contributed by atoms with E-state index in [4.69, 9.17) is 10.2 Å². The van der Waals surface area contributed by atoms with Gasteiger partial charge in [0.15, 0.2) is 6.10 Å². The molecule has 1 saturated heterocycles. The molecule has 20 heavy (non-hydrogen) atoms. The third-order valence-electron chi connectivity index (χ3n) is 3.00. The lowest BCUT2D eigenvalue weighted by molar-refractivity contribution is -0.146. The normalized spacial score (nSPS) is 18.7. The number of aliphatic carboxylic acids is 1. The van der Waals surface area contributed by atoms with Crippen LogP contribution in [0, 0.1) is 0 Å². The fourth-order valence-electron chi connectivity index (χ4n) is 2.04. The summed E-state index contributed by atoms with van der Waals surface area (Å²) >= 11 is 0. The molecule has 0 radical (unpaired) electrons. The minimum absolute atomic E-state index is 0.307. The second kappa shape index (κ2) is 6.87. The zero-order valence-corrected chi connectivity index (χ0v) is 11.9. The van der Waals surface area contributed by atoms with Gasteiger partial charge in [-0.1, -0.05) is 0 Å². The van der Waals surface area contributed by atoms with Gasteiger partial charge in [0.05, 0.1) is 12.1 Å². The average Bonchev–Trinajstić information content (AvgIpc) is 2.34. The molecule has 0 aromatic heterocycles. The number of urea groups is 1. The molecule has 1 atom stereocenters. The van der Waals surface area contributed by atoms with Gasteiger partial charge in [0, 0.05) is 32.7 Å². The molecule has 8 heteroatoms. The van der Waals surface area contributed by atoms with Crippen LogP contribution < -0.4 is 5.32 Å². The van der Waals surface area contributed by atoms with Crippen LogP contribution in [0.1, 0.15) is 13.8 Å². The number of aliphatic hydroxyl groups excluding tert-OH is 1. The average molecular weight is 289 g/mol. The van der Waals surface area contributed by atoms with Crippen LogP contribution in [-0.2, 0) is 4.79 Å². The van der Waals surface area contributed by atoms with Gasteiger partial charge < -0.3 is 25.5 Å². The second-order valence-electron chi connectivity index (χ2n) is 5.62. The van der Waals surface area contributed by atoms with Gasteiger partial charge in [-0.3, -0.25) is 4.90 Å². The lowest BCUT2D eigenvalue weighted by atomic mass is 10.1. The number of nitrogens with zero attached hydrogens (tertiary/aromatic N) is 2. The number of amides is 2. The van der Waals surface area contributed by atoms with Gasteiger partial charge in [0.25, 0.3) is 0 Å². The van der Waals surface area contributed by atoms with Crippen LogP contribution in [0.3, 0.4) is 0 Å². The van der Waals surface area contributed by atoms with Gasteiger partial charge >= 0.3 is 12.0 Å². The highest BCUT2D eigenvalue weighted by Crippen LogP contribution is 2.08. The summed E-state index contributed by atoms with van der Waals surface area (Å²) in [4.78, 5) is 25.8. The standard InChI is InChI=1S/C12H23N3O5/c1-12(2,20)8-14-3-5-15(6-4-14)11(19)13-7-9(16)10(17)18/h9,16,20H,3-8H2,1-2H3,(H,13,19)(H,17,18)/t9-/m0/s1. The molecule has 0 bridgehead atoms. The number of hydrogen-bond acceptors (Lipinski definition) is 5. The van der Waals surface area contributed by atoms with E-state index < -0.39 is 17.7 Å². The van der Waals surface area contributed by atoms with E-state index in [0.29, 0.717) is 32.7 Å². The summed E-state index contributed by atoms with van der Waals surface area (Å²) in [5.74, 6) is -1.36. The van der Waals surface area contributed by atoms with E-state index in [0.717, 1.165) is 0 Å². The maximum absolute atomic E-state index is 11.8. The Bertz CT molecular complexity index is 347. The van der Waals surface area contributed by atoms with E-state index in [2.05, 4.69) is 10.2 Å². The van der Waals surface area contributed by atoms with Crippen molar-refractivity contribution >= 4 is 12.0 Å². The van der Waals surface area contributed by atoms with Crippen LogP contribution in [0.2, 0.25) is 0 Å². The first-order valence-corrected chi connectivity index (χ1v) is 6.57. The number of piperazine rings is 1. The lowest BCUT2D eigenvalue weighted by Crippen LogP contribution is -2.54. The Morgan fingerprint density at radius 1 is 1.25 bits per heavy atom. The smallest absolute Gasteiger partial charge is 0.334 e. The first-order valence-electron chi connectivity index (χ1n) is 6.57. The highest BCUT2D eigenvalue weighted by molar-refractivity contribution is 5.76. The van der Waals surface area contributed by atoms with Gasteiger partial charge in [-0.2, -0.15) is 0 Å². The Morgan fingerprint density at radius 2 is 1.80 bits per heavy atom. The topological polar surface area (TPSA) is 113 Å². The van der Waals surface area contributed by atoms with Gasteiger partial charge in [-0.05, 0) is 13.8 Å². The van der Waals surface area contributed by atoms with Crippen molar-refractivity contribution < 1.29 is 24.9 Å². The molecule has 0 aromatic rings. The Kier molecular flexibility index (Phi) is 5.73. The van der Waals surface area contributed by atoms with Crippen LogP contribution in [0.5, 0.6) is 0 Å². The zero-order chi connectivity index (χ0) is 15.3. The quantitative estimate of drug-likeness (QED) is 0.491. The van der Waals surface area contributed by atoms with E-state index >= 15 is 0 Å². The Balaban J connectivity index is 2.30. The van der Waals surface area contributed by atoms with Crippen LogP contribution in [-0.4, -0.2) is 88.1 Å². The number of carboxylic acids is 1. The van der Waals surface area contributed by atoms with Crippen LogP contribution >= 0.6 is 0 Å². The van der Waals surface area contributed by atoms with Crippen molar-refractivity contribution in [2.75, 3.05) is 39.3 Å². The molecule has 2 amide bonds. The molecule has 0 aromatic carbocycles. The monoisotopic (exact) mass is 289 g/mol. The summed E-state index contributed by atoms with van der Waals surface area (Å²) < 4.78 is 0. The maximum atomic E-state index is 11.8. The number of nitrogens with one attached hydrogen (secondary N) is 1. The van der Waals surface area contributed by atoms with Crippen molar-refractivity contribution in [3.63, 3.8) is 0 Å². The van der Waals surface area contributed by atoms with Gasteiger partial charge in [0.1, 0.15) is 0 Å². The summed E-state index contributed by atoms with van der Waals surface area (Å²) in [5.41, 5.74) is -0.768. The van der Waals surface area contributed by atoms with Gasteiger partial charge in [-0.15, -0.1) is 0 Å². The molecule has 8 nitrogen and oxygen atoms in total. The molecule has 116 valence electrons. The van der Waals surface area contributed by atoms with Crippen molar-refractivity contribution in [2.45, 2.75) is 25.6 Å². The van der Waals surface area contributed by atoms with Crippen LogP contribution in [0.15, 0.2) is 0 Å². The minimum Gasteiger partial charge on any atom is -0.479 e. The summed E-state index contributed by atoms with van der Waals surface area (Å²) in [6, 6.07) is -0.381. The molecule has 0 unspecified atom stereocenters. The number of carbonyl (C=O) groups excluding carboxylic acids is 1. The molecule has 4 N–H and O–H groups in total. The predicted molar refractivity (Wildman–Crippen MR) is 71.4 cm³/mol. The third-order valence-corrected chi connectivity index (χ3v) is 3.00. The highest BCUT2D eigenvalue weighted by atomic mass is 16.4. The van der Waals surface area contributed by atoms with E-state index in [1.54, 1.807) is 18.7 Å². The predicted octanol–water partition coefficient (Wildman–Crippen LogP) is -1.47. The Hall–Kier alpha value is -1.38. The first kappa shape index (κ1) is 16.7. The molecule has 0 spiro atoms. The number of aliphatic hydroxyl groups is 2. The molecule has 1 aliphatic rings. The van der Waals surface area contributed by atoms with Crippen molar-refractivity contribution in [3.05, 3.63) is 0 Å². The fourth-order valence-corrected chi connectivity index (χ4v) is 2.04. The van der Waals surface area contributed by atoms with Crippen molar-refractivity contribution in [2.24, 2.45) is 0 Å². The van der Waals surface area contributed by atoms with Gasteiger partial charge in [-0.25, -0.2) is 9.59 Å².